The highest BCUT2D eigenvalue weighted by Gasteiger charge is 2.31. The van der Waals surface area contributed by atoms with Crippen LogP contribution >= 0.6 is 11.6 Å². The first-order valence-corrected chi connectivity index (χ1v) is 12.0. The molecule has 2 aromatic rings. The Labute approximate surface area is 188 Å². The quantitative estimate of drug-likeness (QED) is 0.731. The number of nitrogens with zero attached hydrogens (tertiary/aromatic N) is 6. The van der Waals surface area contributed by atoms with Crippen LogP contribution < -0.4 is 10.2 Å². The number of hydrogen-bond acceptors (Lipinski definition) is 7. The molecule has 0 aromatic carbocycles. The molecule has 8 nitrogen and oxygen atoms in total. The maximum atomic E-state index is 10.0. The van der Waals surface area contributed by atoms with Crippen LogP contribution in [0.25, 0.3) is 0 Å². The second kappa shape index (κ2) is 8.92. The van der Waals surface area contributed by atoms with E-state index in [1.54, 1.807) is 6.33 Å². The predicted molar refractivity (Wildman–Crippen MR) is 122 cm³/mol. The molecule has 2 atom stereocenters. The van der Waals surface area contributed by atoms with Crippen molar-refractivity contribution in [1.29, 1.82) is 0 Å². The van der Waals surface area contributed by atoms with E-state index in [4.69, 9.17) is 16.6 Å². The van der Waals surface area contributed by atoms with Gasteiger partial charge in [0.2, 0.25) is 0 Å². The number of halogens is 1. The molecule has 3 aliphatic rings. The van der Waals surface area contributed by atoms with Gasteiger partial charge >= 0.3 is 0 Å². The lowest BCUT2D eigenvalue weighted by molar-refractivity contribution is 0.179. The second-order valence-corrected chi connectivity index (χ2v) is 9.57. The Morgan fingerprint density at radius 2 is 1.90 bits per heavy atom. The second-order valence-electron chi connectivity index (χ2n) is 9.18. The van der Waals surface area contributed by atoms with E-state index in [1.807, 2.05) is 6.20 Å². The lowest BCUT2D eigenvalue weighted by atomic mass is 9.92. The number of anilines is 2. The normalized spacial score (nSPS) is 24.9. The minimum Gasteiger partial charge on any atom is -0.374 e. The Morgan fingerprint density at radius 1 is 1.13 bits per heavy atom. The fourth-order valence-corrected chi connectivity index (χ4v) is 5.59. The van der Waals surface area contributed by atoms with E-state index in [-0.39, 0.29) is 5.92 Å². The number of fused-ring (bicyclic) bond motifs is 1. The number of aromatic nitrogens is 4. The van der Waals surface area contributed by atoms with Crippen molar-refractivity contribution in [2.45, 2.75) is 63.6 Å². The summed E-state index contributed by atoms with van der Waals surface area (Å²) < 4.78 is 2.28. The molecular weight excluding hydrogens is 414 g/mol. The van der Waals surface area contributed by atoms with Crippen molar-refractivity contribution in [3.05, 3.63) is 29.1 Å². The van der Waals surface area contributed by atoms with Crippen LogP contribution in [0.15, 0.2) is 12.5 Å². The molecule has 0 radical (unpaired) electrons. The minimum absolute atomic E-state index is 0.225. The van der Waals surface area contributed by atoms with E-state index in [2.05, 4.69) is 36.6 Å². The number of rotatable bonds is 5. The molecule has 0 saturated carbocycles. The maximum Gasteiger partial charge on any atom is 0.147 e. The van der Waals surface area contributed by atoms with E-state index >= 15 is 0 Å². The lowest BCUT2D eigenvalue weighted by Crippen LogP contribution is -2.37. The topological polar surface area (TPSA) is 82.3 Å². The van der Waals surface area contributed by atoms with Gasteiger partial charge < -0.3 is 24.8 Å². The summed E-state index contributed by atoms with van der Waals surface area (Å²) in [6, 6.07) is 0. The van der Waals surface area contributed by atoms with E-state index in [0.29, 0.717) is 17.5 Å². The number of hydrogen-bond donors (Lipinski definition) is 2. The van der Waals surface area contributed by atoms with Crippen molar-refractivity contribution in [2.24, 2.45) is 0 Å². The first-order chi connectivity index (χ1) is 15.1. The summed E-state index contributed by atoms with van der Waals surface area (Å²) in [7, 11) is 0. The number of nitrogens with one attached hydrogen (secondary N) is 1. The van der Waals surface area contributed by atoms with Crippen LogP contribution in [0.3, 0.4) is 0 Å². The van der Waals surface area contributed by atoms with Crippen molar-refractivity contribution in [3.63, 3.8) is 0 Å². The number of aliphatic hydroxyl groups excluding tert-OH is 1. The van der Waals surface area contributed by atoms with Gasteiger partial charge in [0.15, 0.2) is 0 Å². The Bertz CT molecular complexity index is 905. The summed E-state index contributed by atoms with van der Waals surface area (Å²) in [5.74, 6) is 3.54. The third-order valence-electron chi connectivity index (χ3n) is 7.03. The molecule has 2 saturated heterocycles. The van der Waals surface area contributed by atoms with Crippen LogP contribution in [-0.2, 0) is 6.54 Å². The summed E-state index contributed by atoms with van der Waals surface area (Å²) in [4.78, 5) is 18.6. The SMILES string of the molecule is C[C@@H]1CC(O)Nc2ncnc(N3CCC(c4nc(Cl)cn4CCN4CCCC4)CC3)c21. The van der Waals surface area contributed by atoms with Gasteiger partial charge in [0.25, 0.3) is 0 Å². The van der Waals surface area contributed by atoms with Gasteiger partial charge in [-0.25, -0.2) is 15.0 Å². The minimum atomic E-state index is -0.542. The molecule has 3 aliphatic heterocycles. The first-order valence-electron chi connectivity index (χ1n) is 11.6. The van der Waals surface area contributed by atoms with Crippen molar-refractivity contribution in [1.82, 2.24) is 24.4 Å². The third-order valence-corrected chi connectivity index (χ3v) is 7.21. The van der Waals surface area contributed by atoms with Gasteiger partial charge in [-0.3, -0.25) is 0 Å². The predicted octanol–water partition coefficient (Wildman–Crippen LogP) is 3.04. The van der Waals surface area contributed by atoms with Crippen molar-refractivity contribution < 1.29 is 5.11 Å². The van der Waals surface area contributed by atoms with Crippen LogP contribution in [0.4, 0.5) is 11.6 Å². The summed E-state index contributed by atoms with van der Waals surface area (Å²) in [5.41, 5.74) is 1.13. The molecule has 2 aromatic heterocycles. The lowest BCUT2D eigenvalue weighted by Gasteiger charge is -2.36. The van der Waals surface area contributed by atoms with Crippen LogP contribution in [0.5, 0.6) is 0 Å². The maximum absolute atomic E-state index is 10.0. The standard InChI is InChI=1S/C22H32ClN7O/c1-15-12-18(31)27-20-19(15)22(25-14-24-20)29-8-4-16(5-9-29)21-26-17(23)13-30(21)11-10-28-6-2-3-7-28/h13-16,18,31H,2-12H2,1H3,(H,24,25,27)/t15-,18?/m1/s1. The van der Waals surface area contributed by atoms with Crippen LogP contribution in [0.2, 0.25) is 5.15 Å². The van der Waals surface area contributed by atoms with E-state index in [0.717, 1.165) is 62.0 Å². The average Bonchev–Trinajstić information content (AvgIpc) is 3.41. The molecular formula is C22H32ClN7O. The zero-order chi connectivity index (χ0) is 21.4. The van der Waals surface area contributed by atoms with Crippen molar-refractivity contribution in [2.75, 3.05) is 42.9 Å². The zero-order valence-electron chi connectivity index (χ0n) is 18.2. The molecule has 31 heavy (non-hydrogen) atoms. The molecule has 9 heteroatoms. The average molecular weight is 446 g/mol. The number of likely N-dealkylation sites (tertiary alicyclic amines) is 1. The molecule has 1 unspecified atom stereocenters. The molecule has 168 valence electrons. The Morgan fingerprint density at radius 3 is 2.68 bits per heavy atom. The van der Waals surface area contributed by atoms with Gasteiger partial charge in [-0.05, 0) is 51.1 Å². The number of aliphatic hydroxyl groups is 1. The largest absolute Gasteiger partial charge is 0.374 e. The summed E-state index contributed by atoms with van der Waals surface area (Å²) >= 11 is 6.31. The monoisotopic (exact) mass is 445 g/mol. The highest BCUT2D eigenvalue weighted by atomic mass is 35.5. The van der Waals surface area contributed by atoms with E-state index < -0.39 is 6.23 Å². The van der Waals surface area contributed by atoms with Gasteiger partial charge in [0.05, 0.1) is 0 Å². The molecule has 0 spiro atoms. The number of piperidine rings is 1. The molecule has 2 N–H and O–H groups in total. The Hall–Kier alpha value is -1.90. The first kappa shape index (κ1) is 21.0. The third kappa shape index (κ3) is 4.38. The summed E-state index contributed by atoms with van der Waals surface area (Å²) in [5, 5.41) is 13.7. The van der Waals surface area contributed by atoms with Crippen LogP contribution in [0, 0.1) is 0 Å². The molecule has 0 bridgehead atoms. The molecule has 2 fully saturated rings. The van der Waals surface area contributed by atoms with Crippen LogP contribution in [0.1, 0.15) is 62.3 Å². The Balaban J connectivity index is 1.27. The summed E-state index contributed by atoms with van der Waals surface area (Å²) in [6.45, 7) is 8.46. The van der Waals surface area contributed by atoms with Crippen LogP contribution in [-0.4, -0.2) is 68.5 Å². The van der Waals surface area contributed by atoms with E-state index in [9.17, 15) is 5.11 Å². The van der Waals surface area contributed by atoms with Gasteiger partial charge in [0.1, 0.15) is 35.2 Å². The molecule has 5 heterocycles. The van der Waals surface area contributed by atoms with Gasteiger partial charge in [0, 0.05) is 43.9 Å². The fraction of sp³-hybridized carbons (Fsp3) is 0.682. The fourth-order valence-electron chi connectivity index (χ4n) is 5.38. The highest BCUT2D eigenvalue weighted by molar-refractivity contribution is 6.29. The van der Waals surface area contributed by atoms with Gasteiger partial charge in [-0.15, -0.1) is 0 Å². The molecule has 0 amide bonds. The summed E-state index contributed by atoms with van der Waals surface area (Å²) in [6.07, 6.45) is 8.42. The van der Waals surface area contributed by atoms with Crippen molar-refractivity contribution in [3.8, 4) is 0 Å². The van der Waals surface area contributed by atoms with E-state index in [1.165, 1.54) is 25.9 Å². The number of imidazole rings is 1. The molecule has 0 aliphatic carbocycles. The van der Waals surface area contributed by atoms with Gasteiger partial charge in [-0.1, -0.05) is 18.5 Å². The Kier molecular flexibility index (Phi) is 6.03. The van der Waals surface area contributed by atoms with Crippen molar-refractivity contribution >= 4 is 23.2 Å². The molecule has 5 rings (SSSR count). The highest BCUT2D eigenvalue weighted by Crippen LogP contribution is 2.39. The van der Waals surface area contributed by atoms with Gasteiger partial charge in [-0.2, -0.15) is 0 Å². The zero-order valence-corrected chi connectivity index (χ0v) is 18.9. The smallest absolute Gasteiger partial charge is 0.147 e.